The summed E-state index contributed by atoms with van der Waals surface area (Å²) in [6, 6.07) is 20.6. The number of aryl methyl sites for hydroxylation is 2. The second kappa shape index (κ2) is 6.70. The molecule has 0 saturated heterocycles. The molecule has 7 nitrogen and oxygen atoms in total. The number of aromatic nitrogens is 7. The molecule has 0 saturated carbocycles. The van der Waals surface area contributed by atoms with E-state index in [9.17, 15) is 0 Å². The standard InChI is InChI=1S/C24H19N7/c1-15-19-7-6-18(13-23(19)30(2)28-15)21-9-10-22-24(26-21)31(29-27-22)14-16-5-8-20-17(12-16)4-3-11-25-20/h3-13H,14H2,1-2H3. The molecule has 0 aliphatic heterocycles. The molecule has 0 atom stereocenters. The van der Waals surface area contributed by atoms with Crippen LogP contribution in [0.1, 0.15) is 11.3 Å². The van der Waals surface area contributed by atoms with Crippen LogP contribution in [0.3, 0.4) is 0 Å². The number of rotatable bonds is 3. The quantitative estimate of drug-likeness (QED) is 0.439. The first-order chi connectivity index (χ1) is 15.2. The van der Waals surface area contributed by atoms with E-state index in [1.165, 1.54) is 0 Å². The fourth-order valence-electron chi connectivity index (χ4n) is 4.11. The highest BCUT2D eigenvalue weighted by atomic mass is 15.4. The lowest BCUT2D eigenvalue weighted by molar-refractivity contribution is 0.665. The van der Waals surface area contributed by atoms with Crippen molar-refractivity contribution in [1.82, 2.24) is 34.7 Å². The van der Waals surface area contributed by atoms with Gasteiger partial charge in [-0.15, -0.1) is 5.10 Å². The second-order valence-corrected chi connectivity index (χ2v) is 7.76. The Morgan fingerprint density at radius 1 is 0.935 bits per heavy atom. The number of hydrogen-bond donors (Lipinski definition) is 0. The highest BCUT2D eigenvalue weighted by Crippen LogP contribution is 2.26. The van der Waals surface area contributed by atoms with Gasteiger partial charge in [0.2, 0.25) is 0 Å². The molecule has 150 valence electrons. The molecule has 0 aliphatic rings. The van der Waals surface area contributed by atoms with Crippen LogP contribution in [0.2, 0.25) is 0 Å². The number of benzene rings is 2. The lowest BCUT2D eigenvalue weighted by Gasteiger charge is -2.06. The second-order valence-electron chi connectivity index (χ2n) is 7.76. The summed E-state index contributed by atoms with van der Waals surface area (Å²) >= 11 is 0. The van der Waals surface area contributed by atoms with Gasteiger partial charge in [0.1, 0.15) is 5.52 Å². The summed E-state index contributed by atoms with van der Waals surface area (Å²) in [5.74, 6) is 0. The molecule has 0 spiro atoms. The molecule has 7 heteroatoms. The molecule has 2 aromatic carbocycles. The van der Waals surface area contributed by atoms with Gasteiger partial charge in [0, 0.05) is 29.6 Å². The Kier molecular flexibility index (Phi) is 3.83. The van der Waals surface area contributed by atoms with Crippen molar-refractivity contribution >= 4 is 33.0 Å². The molecular weight excluding hydrogens is 386 g/mol. The van der Waals surface area contributed by atoms with Gasteiger partial charge in [-0.1, -0.05) is 29.5 Å². The zero-order valence-electron chi connectivity index (χ0n) is 17.2. The van der Waals surface area contributed by atoms with Gasteiger partial charge in [0.05, 0.1) is 29.0 Å². The highest BCUT2D eigenvalue weighted by Gasteiger charge is 2.12. The molecule has 0 radical (unpaired) electrons. The molecule has 31 heavy (non-hydrogen) atoms. The third-order valence-corrected chi connectivity index (χ3v) is 5.69. The van der Waals surface area contributed by atoms with E-state index in [0.29, 0.717) is 6.54 Å². The molecular formula is C24H19N7. The van der Waals surface area contributed by atoms with Crippen LogP contribution in [-0.2, 0) is 13.6 Å². The summed E-state index contributed by atoms with van der Waals surface area (Å²) in [4.78, 5) is 9.29. The van der Waals surface area contributed by atoms with Crippen LogP contribution in [0.5, 0.6) is 0 Å². The van der Waals surface area contributed by atoms with E-state index in [-0.39, 0.29) is 0 Å². The molecule has 6 rings (SSSR count). The van der Waals surface area contributed by atoms with Crippen LogP contribution in [0.4, 0.5) is 0 Å². The third-order valence-electron chi connectivity index (χ3n) is 5.69. The first kappa shape index (κ1) is 17.7. The molecule has 4 heterocycles. The van der Waals surface area contributed by atoms with Gasteiger partial charge in [-0.05, 0) is 48.9 Å². The average molecular weight is 405 g/mol. The van der Waals surface area contributed by atoms with Gasteiger partial charge in [0.25, 0.3) is 0 Å². The van der Waals surface area contributed by atoms with Crippen molar-refractivity contribution in [3.05, 3.63) is 78.1 Å². The van der Waals surface area contributed by atoms with E-state index >= 15 is 0 Å². The van der Waals surface area contributed by atoms with E-state index in [1.54, 1.807) is 0 Å². The molecule has 4 aromatic heterocycles. The Bertz CT molecular complexity index is 1590. The van der Waals surface area contributed by atoms with Gasteiger partial charge in [-0.2, -0.15) is 5.10 Å². The van der Waals surface area contributed by atoms with E-state index in [0.717, 1.165) is 55.5 Å². The molecule has 6 aromatic rings. The number of hydrogen-bond acceptors (Lipinski definition) is 5. The zero-order valence-corrected chi connectivity index (χ0v) is 17.2. The maximum absolute atomic E-state index is 4.90. The van der Waals surface area contributed by atoms with Crippen LogP contribution in [-0.4, -0.2) is 34.7 Å². The first-order valence-corrected chi connectivity index (χ1v) is 10.1. The smallest absolute Gasteiger partial charge is 0.179 e. The minimum atomic E-state index is 0.595. The van der Waals surface area contributed by atoms with Crippen molar-refractivity contribution in [3.63, 3.8) is 0 Å². The summed E-state index contributed by atoms with van der Waals surface area (Å²) in [7, 11) is 1.97. The first-order valence-electron chi connectivity index (χ1n) is 10.1. The Labute approximate surface area is 178 Å². The van der Waals surface area contributed by atoms with Gasteiger partial charge in [0.15, 0.2) is 5.65 Å². The summed E-state index contributed by atoms with van der Waals surface area (Å²) < 4.78 is 3.76. The largest absolute Gasteiger partial charge is 0.268 e. The molecule has 0 aliphatic carbocycles. The summed E-state index contributed by atoms with van der Waals surface area (Å²) in [5.41, 5.74) is 7.71. The zero-order chi connectivity index (χ0) is 20.9. The van der Waals surface area contributed by atoms with Gasteiger partial charge in [-0.3, -0.25) is 9.67 Å². The average Bonchev–Trinajstić information content (AvgIpc) is 3.33. The summed E-state index contributed by atoms with van der Waals surface area (Å²) in [6.07, 6.45) is 1.81. The number of nitrogens with zero attached hydrogens (tertiary/aromatic N) is 7. The van der Waals surface area contributed by atoms with Gasteiger partial charge in [-0.25, -0.2) is 9.67 Å². The van der Waals surface area contributed by atoms with Crippen molar-refractivity contribution in [2.24, 2.45) is 7.05 Å². The van der Waals surface area contributed by atoms with Crippen molar-refractivity contribution in [2.45, 2.75) is 13.5 Å². The van der Waals surface area contributed by atoms with Crippen molar-refractivity contribution < 1.29 is 0 Å². The summed E-state index contributed by atoms with van der Waals surface area (Å²) in [6.45, 7) is 2.62. The SMILES string of the molecule is Cc1nn(C)c2cc(-c3ccc4nnn(Cc5ccc6ncccc6c5)c4n3)ccc12. The maximum Gasteiger partial charge on any atom is 0.179 e. The number of fused-ring (bicyclic) bond motifs is 3. The van der Waals surface area contributed by atoms with Crippen LogP contribution < -0.4 is 0 Å². The van der Waals surface area contributed by atoms with E-state index in [2.05, 4.69) is 56.8 Å². The monoisotopic (exact) mass is 405 g/mol. The van der Waals surface area contributed by atoms with Crippen LogP contribution in [0.15, 0.2) is 66.9 Å². The lowest BCUT2D eigenvalue weighted by atomic mass is 10.1. The Balaban J connectivity index is 1.41. The molecule has 0 unspecified atom stereocenters. The molecule has 0 fully saturated rings. The van der Waals surface area contributed by atoms with E-state index in [1.807, 2.05) is 53.8 Å². The maximum atomic E-state index is 4.90. The van der Waals surface area contributed by atoms with E-state index < -0.39 is 0 Å². The van der Waals surface area contributed by atoms with Crippen molar-refractivity contribution in [1.29, 1.82) is 0 Å². The lowest BCUT2D eigenvalue weighted by Crippen LogP contribution is -2.03. The van der Waals surface area contributed by atoms with Gasteiger partial charge >= 0.3 is 0 Å². The number of pyridine rings is 2. The van der Waals surface area contributed by atoms with Crippen LogP contribution in [0.25, 0.3) is 44.2 Å². The van der Waals surface area contributed by atoms with E-state index in [4.69, 9.17) is 4.98 Å². The fourth-order valence-corrected chi connectivity index (χ4v) is 4.11. The van der Waals surface area contributed by atoms with Crippen LogP contribution in [0, 0.1) is 6.92 Å². The molecule has 0 bridgehead atoms. The molecule has 0 N–H and O–H groups in total. The normalized spacial score (nSPS) is 11.7. The third kappa shape index (κ3) is 2.93. The Morgan fingerprint density at radius 2 is 1.84 bits per heavy atom. The predicted octanol–water partition coefficient (Wildman–Crippen LogP) is 4.28. The van der Waals surface area contributed by atoms with Crippen molar-refractivity contribution in [2.75, 3.05) is 0 Å². The molecule has 0 amide bonds. The van der Waals surface area contributed by atoms with Gasteiger partial charge < -0.3 is 0 Å². The predicted molar refractivity (Wildman–Crippen MR) is 121 cm³/mol. The summed E-state index contributed by atoms with van der Waals surface area (Å²) in [5, 5.41) is 15.4. The van der Waals surface area contributed by atoms with Crippen molar-refractivity contribution in [3.8, 4) is 11.3 Å². The Morgan fingerprint density at radius 3 is 2.77 bits per heavy atom. The fraction of sp³-hybridized carbons (Fsp3) is 0.125. The van der Waals surface area contributed by atoms with Crippen LogP contribution >= 0.6 is 0 Å². The topological polar surface area (TPSA) is 74.3 Å². The minimum absolute atomic E-state index is 0.595. The highest BCUT2D eigenvalue weighted by molar-refractivity contribution is 5.87. The Hall–Kier alpha value is -4.13. The minimum Gasteiger partial charge on any atom is -0.268 e.